The molecule has 1 aromatic heterocycles. The van der Waals surface area contributed by atoms with E-state index >= 15 is 0 Å². The summed E-state index contributed by atoms with van der Waals surface area (Å²) in [5, 5.41) is 15.5. The van der Waals surface area contributed by atoms with Crippen LogP contribution in [0.15, 0.2) is 28.7 Å². The molecule has 0 atom stereocenters. The van der Waals surface area contributed by atoms with Gasteiger partial charge in [-0.3, -0.25) is 0 Å². The van der Waals surface area contributed by atoms with Gasteiger partial charge < -0.3 is 10.6 Å². The Kier molecular flexibility index (Phi) is 4.53. The fourth-order valence-corrected chi connectivity index (χ4v) is 2.12. The van der Waals surface area contributed by atoms with Gasteiger partial charge in [0.05, 0.1) is 11.3 Å². The number of nitrogens with zero attached hydrogens (tertiary/aromatic N) is 3. The Bertz CT molecular complexity index is 663. The molecule has 2 N–H and O–H groups in total. The van der Waals surface area contributed by atoms with Crippen LogP contribution in [-0.4, -0.2) is 16.5 Å². The first-order valence-electron chi connectivity index (χ1n) is 6.18. The number of rotatable bonds is 4. The van der Waals surface area contributed by atoms with Gasteiger partial charge in [0.1, 0.15) is 23.5 Å². The van der Waals surface area contributed by atoms with Crippen molar-refractivity contribution in [2.45, 2.75) is 13.8 Å². The molecule has 0 radical (unpaired) electrons. The van der Waals surface area contributed by atoms with E-state index < -0.39 is 0 Å². The molecule has 0 saturated carbocycles. The first kappa shape index (κ1) is 14.3. The van der Waals surface area contributed by atoms with Crippen molar-refractivity contribution in [3.8, 4) is 6.07 Å². The van der Waals surface area contributed by atoms with E-state index in [4.69, 9.17) is 5.26 Å². The van der Waals surface area contributed by atoms with Gasteiger partial charge in [0.15, 0.2) is 0 Å². The Labute approximate surface area is 126 Å². The van der Waals surface area contributed by atoms with Crippen molar-refractivity contribution in [3.63, 3.8) is 0 Å². The van der Waals surface area contributed by atoms with Gasteiger partial charge in [-0.1, -0.05) is 15.9 Å². The maximum atomic E-state index is 9.16. The highest BCUT2D eigenvalue weighted by Crippen LogP contribution is 2.24. The smallest absolute Gasteiger partial charge is 0.136 e. The number of nitrogens with one attached hydrogen (secondary N) is 2. The van der Waals surface area contributed by atoms with E-state index in [0.717, 1.165) is 22.5 Å². The first-order valence-corrected chi connectivity index (χ1v) is 6.98. The van der Waals surface area contributed by atoms with Crippen molar-refractivity contribution in [3.05, 3.63) is 40.1 Å². The monoisotopic (exact) mass is 331 g/mol. The van der Waals surface area contributed by atoms with Gasteiger partial charge in [-0.25, -0.2) is 9.97 Å². The maximum Gasteiger partial charge on any atom is 0.136 e. The van der Waals surface area contributed by atoms with Crippen LogP contribution < -0.4 is 10.6 Å². The lowest BCUT2D eigenvalue weighted by atomic mass is 10.2. The number of aryl methyl sites for hydroxylation is 1. The second-order valence-electron chi connectivity index (χ2n) is 4.14. The minimum Gasteiger partial charge on any atom is -0.370 e. The van der Waals surface area contributed by atoms with E-state index in [-0.39, 0.29) is 0 Å². The normalized spacial score (nSPS) is 9.90. The average Bonchev–Trinajstić information content (AvgIpc) is 2.40. The molecule has 0 aliphatic rings. The lowest BCUT2D eigenvalue weighted by Crippen LogP contribution is -2.04. The van der Waals surface area contributed by atoms with E-state index in [1.807, 2.05) is 32.0 Å². The molecular formula is C14H14BrN5. The molecule has 0 aliphatic heterocycles. The second kappa shape index (κ2) is 6.35. The Morgan fingerprint density at radius 3 is 2.70 bits per heavy atom. The van der Waals surface area contributed by atoms with Crippen molar-refractivity contribution < 1.29 is 0 Å². The summed E-state index contributed by atoms with van der Waals surface area (Å²) < 4.78 is 0.867. The lowest BCUT2D eigenvalue weighted by Gasteiger charge is -2.10. The summed E-state index contributed by atoms with van der Waals surface area (Å²) in [5.74, 6) is 2.09. The molecule has 1 heterocycles. The largest absolute Gasteiger partial charge is 0.370 e. The number of anilines is 3. The molecule has 20 heavy (non-hydrogen) atoms. The summed E-state index contributed by atoms with van der Waals surface area (Å²) in [5.41, 5.74) is 1.27. The zero-order valence-corrected chi connectivity index (χ0v) is 12.8. The van der Waals surface area contributed by atoms with Crippen molar-refractivity contribution >= 4 is 33.3 Å². The van der Waals surface area contributed by atoms with Crippen LogP contribution in [0, 0.1) is 18.3 Å². The second-order valence-corrected chi connectivity index (χ2v) is 5.06. The molecule has 0 fully saturated rings. The molecule has 0 amide bonds. The SMILES string of the molecule is CCNc1cc(Nc2ccc(Br)cc2C#N)nc(C)n1. The average molecular weight is 332 g/mol. The van der Waals surface area contributed by atoms with Gasteiger partial charge in [0, 0.05) is 17.1 Å². The summed E-state index contributed by atoms with van der Waals surface area (Å²) in [6.45, 7) is 4.63. The topological polar surface area (TPSA) is 73.6 Å². The third-order valence-corrected chi connectivity index (χ3v) is 3.05. The van der Waals surface area contributed by atoms with Crippen LogP contribution in [0.2, 0.25) is 0 Å². The quantitative estimate of drug-likeness (QED) is 0.895. The summed E-state index contributed by atoms with van der Waals surface area (Å²) in [7, 11) is 0. The van der Waals surface area contributed by atoms with E-state index in [0.29, 0.717) is 17.2 Å². The fourth-order valence-electron chi connectivity index (χ4n) is 1.76. The molecule has 0 saturated heterocycles. The third kappa shape index (κ3) is 3.45. The Hall–Kier alpha value is -2.13. The summed E-state index contributed by atoms with van der Waals surface area (Å²) in [4.78, 5) is 8.61. The highest BCUT2D eigenvalue weighted by molar-refractivity contribution is 9.10. The minimum atomic E-state index is 0.556. The van der Waals surface area contributed by atoms with Crippen LogP contribution in [0.25, 0.3) is 0 Å². The highest BCUT2D eigenvalue weighted by Gasteiger charge is 2.06. The lowest BCUT2D eigenvalue weighted by molar-refractivity contribution is 1.04. The van der Waals surface area contributed by atoms with Crippen LogP contribution in [-0.2, 0) is 0 Å². The van der Waals surface area contributed by atoms with E-state index in [9.17, 15) is 0 Å². The molecule has 102 valence electrons. The number of hydrogen-bond acceptors (Lipinski definition) is 5. The molecule has 2 aromatic rings. The molecule has 6 heteroatoms. The fraction of sp³-hybridized carbons (Fsp3) is 0.214. The number of halogens is 1. The Morgan fingerprint density at radius 2 is 2.00 bits per heavy atom. The standard InChI is InChI=1S/C14H14BrN5/c1-3-17-13-7-14(19-9(2)18-13)20-12-5-4-11(15)6-10(12)8-16/h4-7H,3H2,1-2H3,(H2,17,18,19,20). The summed E-state index contributed by atoms with van der Waals surface area (Å²) in [6.07, 6.45) is 0. The molecule has 0 aliphatic carbocycles. The van der Waals surface area contributed by atoms with Crippen LogP contribution in [0.1, 0.15) is 18.3 Å². The van der Waals surface area contributed by atoms with Crippen LogP contribution in [0.3, 0.4) is 0 Å². The molecule has 0 unspecified atom stereocenters. The van der Waals surface area contributed by atoms with Gasteiger partial charge in [-0.15, -0.1) is 0 Å². The van der Waals surface area contributed by atoms with Crippen LogP contribution in [0.4, 0.5) is 17.3 Å². The molecule has 2 rings (SSSR count). The first-order chi connectivity index (χ1) is 9.62. The number of aromatic nitrogens is 2. The maximum absolute atomic E-state index is 9.16. The van der Waals surface area contributed by atoms with Crippen molar-refractivity contribution in [1.82, 2.24) is 9.97 Å². The van der Waals surface area contributed by atoms with Gasteiger partial charge >= 0.3 is 0 Å². The predicted molar refractivity (Wildman–Crippen MR) is 83.1 cm³/mol. The van der Waals surface area contributed by atoms with E-state index in [2.05, 4.69) is 42.6 Å². The predicted octanol–water partition coefficient (Wildman–Crippen LogP) is 3.59. The molecule has 5 nitrogen and oxygen atoms in total. The van der Waals surface area contributed by atoms with Crippen molar-refractivity contribution in [2.24, 2.45) is 0 Å². The van der Waals surface area contributed by atoms with Crippen LogP contribution in [0.5, 0.6) is 0 Å². The molecule has 0 spiro atoms. The van der Waals surface area contributed by atoms with Gasteiger partial charge in [0.25, 0.3) is 0 Å². The summed E-state index contributed by atoms with van der Waals surface area (Å²) >= 11 is 3.35. The molecule has 1 aromatic carbocycles. The van der Waals surface area contributed by atoms with E-state index in [1.165, 1.54) is 0 Å². The van der Waals surface area contributed by atoms with Crippen LogP contribution >= 0.6 is 15.9 Å². The van der Waals surface area contributed by atoms with Gasteiger partial charge in [-0.05, 0) is 32.0 Å². The van der Waals surface area contributed by atoms with Crippen molar-refractivity contribution in [1.29, 1.82) is 5.26 Å². The number of benzene rings is 1. The minimum absolute atomic E-state index is 0.556. The number of hydrogen-bond donors (Lipinski definition) is 2. The zero-order valence-electron chi connectivity index (χ0n) is 11.2. The molecular weight excluding hydrogens is 318 g/mol. The van der Waals surface area contributed by atoms with Gasteiger partial charge in [-0.2, -0.15) is 5.26 Å². The highest BCUT2D eigenvalue weighted by atomic mass is 79.9. The van der Waals surface area contributed by atoms with Gasteiger partial charge in [0.2, 0.25) is 0 Å². The van der Waals surface area contributed by atoms with E-state index in [1.54, 1.807) is 6.07 Å². The van der Waals surface area contributed by atoms with Crippen molar-refractivity contribution in [2.75, 3.05) is 17.2 Å². The third-order valence-electron chi connectivity index (χ3n) is 2.56. The summed E-state index contributed by atoms with van der Waals surface area (Å²) in [6, 6.07) is 9.46. The molecule has 0 bridgehead atoms. The number of nitriles is 1. The zero-order chi connectivity index (χ0) is 14.5. The Morgan fingerprint density at radius 1 is 1.25 bits per heavy atom. The Balaban J connectivity index is 2.32.